The molecule has 150 valence electrons. The second kappa shape index (κ2) is 8.65. The van der Waals surface area contributed by atoms with Gasteiger partial charge in [-0.05, 0) is 17.5 Å². The van der Waals surface area contributed by atoms with Crippen LogP contribution in [0, 0.1) is 13.1 Å². The number of aromatic nitrogens is 1. The van der Waals surface area contributed by atoms with Crippen molar-refractivity contribution in [3.05, 3.63) is 93.9 Å². The Morgan fingerprint density at radius 3 is 2.40 bits per heavy atom. The lowest BCUT2D eigenvalue weighted by Crippen LogP contribution is -2.07. The van der Waals surface area contributed by atoms with Crippen LogP contribution < -0.4 is 0 Å². The third-order valence-electron chi connectivity index (χ3n) is 5.19. The highest BCUT2D eigenvalue weighted by atomic mass is 16.4. The topological polar surface area (TPSA) is 71.2 Å². The Kier molecular flexibility index (Phi) is 6.01. The zero-order valence-electron chi connectivity index (χ0n) is 16.8. The molecule has 6 heteroatoms. The van der Waals surface area contributed by atoms with E-state index in [-0.39, 0.29) is 5.69 Å². The summed E-state index contributed by atoms with van der Waals surface area (Å²) in [7, 11) is 1.66. The molecule has 0 bridgehead atoms. The zero-order valence-corrected chi connectivity index (χ0v) is 16.8. The number of aliphatic hydroxyl groups excluding tert-OH is 1. The number of nitrogens with zero attached hydrogens (tertiary/aromatic N) is 3. The molecule has 1 aromatic heterocycles. The summed E-state index contributed by atoms with van der Waals surface area (Å²) in [6, 6.07) is 14.1. The number of aromatic carboxylic acids is 1. The maximum absolute atomic E-state index is 11.9. The van der Waals surface area contributed by atoms with Crippen LogP contribution in [-0.4, -0.2) is 20.7 Å². The molecule has 30 heavy (non-hydrogen) atoms. The van der Waals surface area contributed by atoms with Crippen LogP contribution in [0.5, 0.6) is 0 Å². The van der Waals surface area contributed by atoms with Crippen LogP contribution in [0.2, 0.25) is 0 Å². The van der Waals surface area contributed by atoms with Gasteiger partial charge in [0.2, 0.25) is 5.69 Å². The second-order valence-electron chi connectivity index (χ2n) is 6.97. The predicted molar refractivity (Wildman–Crippen MR) is 115 cm³/mol. The summed E-state index contributed by atoms with van der Waals surface area (Å²) < 4.78 is 1.57. The summed E-state index contributed by atoms with van der Waals surface area (Å²) >= 11 is 0. The van der Waals surface area contributed by atoms with Crippen molar-refractivity contribution in [2.75, 3.05) is 0 Å². The van der Waals surface area contributed by atoms with Crippen molar-refractivity contribution >= 4 is 17.3 Å². The van der Waals surface area contributed by atoms with Crippen LogP contribution in [0.4, 0.5) is 11.4 Å². The van der Waals surface area contributed by atoms with E-state index in [1.807, 2.05) is 13.0 Å². The first-order valence-electron chi connectivity index (χ1n) is 9.48. The van der Waals surface area contributed by atoms with Crippen molar-refractivity contribution < 1.29 is 15.0 Å². The molecule has 0 radical (unpaired) electrons. The van der Waals surface area contributed by atoms with Gasteiger partial charge >= 0.3 is 5.97 Å². The molecular weight excluding hydrogens is 378 g/mol. The van der Waals surface area contributed by atoms with E-state index < -0.39 is 12.1 Å². The quantitative estimate of drug-likeness (QED) is 0.550. The molecule has 2 N–H and O–H groups in total. The fraction of sp³-hybridized carbons (Fsp3) is 0.208. The van der Waals surface area contributed by atoms with Gasteiger partial charge in [-0.15, -0.1) is 0 Å². The summed E-state index contributed by atoms with van der Waals surface area (Å²) in [5.41, 5.74) is 4.21. The second-order valence-corrected chi connectivity index (χ2v) is 6.97. The largest absolute Gasteiger partial charge is 0.477 e. The van der Waals surface area contributed by atoms with Crippen molar-refractivity contribution in [1.29, 1.82) is 0 Å². The van der Waals surface area contributed by atoms with E-state index in [9.17, 15) is 15.0 Å². The molecule has 0 aliphatic rings. The van der Waals surface area contributed by atoms with Crippen molar-refractivity contribution in [3.8, 4) is 11.1 Å². The van der Waals surface area contributed by atoms with Crippen LogP contribution in [0.3, 0.4) is 0 Å². The molecule has 1 atom stereocenters. The van der Waals surface area contributed by atoms with Gasteiger partial charge in [-0.2, -0.15) is 0 Å². The lowest BCUT2D eigenvalue weighted by molar-refractivity contribution is 0.0687. The van der Waals surface area contributed by atoms with Gasteiger partial charge < -0.3 is 14.8 Å². The van der Waals surface area contributed by atoms with Gasteiger partial charge in [0.25, 0.3) is 0 Å². The third-order valence-corrected chi connectivity index (χ3v) is 5.19. The highest BCUT2D eigenvalue weighted by Crippen LogP contribution is 2.39. The molecule has 0 spiro atoms. The molecule has 0 saturated heterocycles. The van der Waals surface area contributed by atoms with Gasteiger partial charge in [-0.1, -0.05) is 61.0 Å². The number of hydrogen-bond donors (Lipinski definition) is 2. The first kappa shape index (κ1) is 20.9. The minimum absolute atomic E-state index is 0.0853. The molecule has 0 aliphatic heterocycles. The van der Waals surface area contributed by atoms with E-state index in [0.717, 1.165) is 5.56 Å². The monoisotopic (exact) mass is 399 g/mol. The lowest BCUT2D eigenvalue weighted by Gasteiger charge is -2.13. The van der Waals surface area contributed by atoms with Crippen molar-refractivity contribution in [2.45, 2.75) is 25.9 Å². The molecule has 0 aliphatic carbocycles. The van der Waals surface area contributed by atoms with Crippen LogP contribution in [0.15, 0.2) is 48.5 Å². The van der Waals surface area contributed by atoms with Gasteiger partial charge in [0, 0.05) is 24.7 Å². The average Bonchev–Trinajstić information content (AvgIpc) is 3.05. The first-order valence-corrected chi connectivity index (χ1v) is 9.48. The SMILES string of the molecule is [C-]#[N+]c1cccc(CC(O)c2ccc(-c3c([N+]#[C-])c(CC)n(C)c3C(=O)O)cc2)c1. The first-order chi connectivity index (χ1) is 14.4. The maximum Gasteiger partial charge on any atom is 0.351 e. The Balaban J connectivity index is 1.95. The number of hydrogen-bond acceptors (Lipinski definition) is 2. The number of carboxylic acid groups (broad SMARTS) is 1. The average molecular weight is 399 g/mol. The molecule has 0 saturated carbocycles. The smallest absolute Gasteiger partial charge is 0.351 e. The molecule has 1 unspecified atom stereocenters. The maximum atomic E-state index is 11.9. The molecule has 2 aromatic carbocycles. The number of carbonyl (C=O) groups is 1. The van der Waals surface area contributed by atoms with Gasteiger partial charge in [-0.3, -0.25) is 0 Å². The lowest BCUT2D eigenvalue weighted by atomic mass is 9.97. The van der Waals surface area contributed by atoms with E-state index >= 15 is 0 Å². The molecule has 6 nitrogen and oxygen atoms in total. The van der Waals surface area contributed by atoms with Crippen LogP contribution in [-0.2, 0) is 19.9 Å². The minimum Gasteiger partial charge on any atom is -0.477 e. The Morgan fingerprint density at radius 1 is 1.13 bits per heavy atom. The standard InChI is InChI=1S/C24H21N3O3/c1-5-19-22(26-3)21(23(24(29)30)27(19)4)17-11-9-16(10-12-17)20(28)14-15-7-6-8-18(13-15)25-2/h6-13,20,28H,5,14H2,1,4H3,(H,29,30). The van der Waals surface area contributed by atoms with Gasteiger partial charge in [0.15, 0.2) is 5.69 Å². The van der Waals surface area contributed by atoms with E-state index in [0.29, 0.717) is 46.6 Å². The van der Waals surface area contributed by atoms with Crippen LogP contribution in [0.25, 0.3) is 20.8 Å². The Morgan fingerprint density at radius 2 is 1.83 bits per heavy atom. The summed E-state index contributed by atoms with van der Waals surface area (Å²) in [4.78, 5) is 18.9. The van der Waals surface area contributed by atoms with E-state index in [4.69, 9.17) is 13.1 Å². The fourth-order valence-corrected chi connectivity index (χ4v) is 3.73. The summed E-state index contributed by atoms with van der Waals surface area (Å²) in [5.74, 6) is -1.08. The number of aliphatic hydroxyl groups is 1. The van der Waals surface area contributed by atoms with E-state index in [2.05, 4.69) is 9.69 Å². The molecule has 0 fully saturated rings. The minimum atomic E-state index is -1.08. The molecule has 3 aromatic rings. The Hall–Kier alpha value is -3.87. The Labute approximate surface area is 175 Å². The summed E-state index contributed by atoms with van der Waals surface area (Å²) in [6.07, 6.45) is 0.151. The molecule has 0 amide bonds. The van der Waals surface area contributed by atoms with Crippen molar-refractivity contribution in [2.24, 2.45) is 7.05 Å². The Bertz CT molecular complexity index is 1180. The highest BCUT2D eigenvalue weighted by Gasteiger charge is 2.25. The van der Waals surface area contributed by atoms with Crippen LogP contribution >= 0.6 is 0 Å². The molecular formula is C24H21N3O3. The van der Waals surface area contributed by atoms with Crippen molar-refractivity contribution in [3.63, 3.8) is 0 Å². The van der Waals surface area contributed by atoms with Gasteiger partial charge in [0.05, 0.1) is 19.2 Å². The number of benzene rings is 2. The van der Waals surface area contributed by atoms with E-state index in [1.54, 1.807) is 54.1 Å². The van der Waals surface area contributed by atoms with Gasteiger partial charge in [-0.25, -0.2) is 14.5 Å². The number of rotatable bonds is 6. The predicted octanol–water partition coefficient (Wildman–Crippen LogP) is 5.33. The number of carboxylic acids is 1. The van der Waals surface area contributed by atoms with Crippen molar-refractivity contribution in [1.82, 2.24) is 4.57 Å². The molecule has 3 rings (SSSR count). The van der Waals surface area contributed by atoms with Crippen LogP contribution in [0.1, 0.15) is 40.3 Å². The molecule has 1 heterocycles. The van der Waals surface area contributed by atoms with Gasteiger partial charge in [0.1, 0.15) is 5.69 Å². The summed E-state index contributed by atoms with van der Waals surface area (Å²) in [6.45, 7) is 16.5. The fourth-order valence-electron chi connectivity index (χ4n) is 3.73. The summed E-state index contributed by atoms with van der Waals surface area (Å²) in [5, 5.41) is 20.3. The third kappa shape index (κ3) is 3.82. The zero-order chi connectivity index (χ0) is 21.8. The normalized spacial score (nSPS) is 11.5. The highest BCUT2D eigenvalue weighted by molar-refractivity contribution is 6.00. The van der Waals surface area contributed by atoms with E-state index in [1.165, 1.54) is 0 Å².